The molecule has 0 aromatic heterocycles. The predicted octanol–water partition coefficient (Wildman–Crippen LogP) is 2.89. The summed E-state index contributed by atoms with van der Waals surface area (Å²) in [4.78, 5) is 14.7. The van der Waals surface area contributed by atoms with Gasteiger partial charge >= 0.3 is 0 Å². The number of amides is 1. The Labute approximate surface area is 157 Å². The van der Waals surface area contributed by atoms with Gasteiger partial charge in [-0.1, -0.05) is 18.1 Å². The van der Waals surface area contributed by atoms with Crippen LogP contribution in [0.4, 0.5) is 0 Å². The highest BCUT2D eigenvalue weighted by molar-refractivity contribution is 5.94. The third-order valence-electron chi connectivity index (χ3n) is 5.00. The van der Waals surface area contributed by atoms with Crippen LogP contribution < -0.4 is 5.32 Å². The summed E-state index contributed by atoms with van der Waals surface area (Å²) in [6.07, 6.45) is 6.72. The van der Waals surface area contributed by atoms with Crippen LogP contribution in [-0.2, 0) is 6.54 Å². The van der Waals surface area contributed by atoms with E-state index in [0.29, 0.717) is 24.9 Å². The van der Waals surface area contributed by atoms with E-state index in [2.05, 4.69) is 11.2 Å². The van der Waals surface area contributed by atoms with Gasteiger partial charge in [-0.2, -0.15) is 5.06 Å². The van der Waals surface area contributed by atoms with Gasteiger partial charge in [0.1, 0.15) is 0 Å². The first-order valence-electron chi connectivity index (χ1n) is 9.06. The molecule has 1 aromatic rings. The molecule has 1 aromatic carbocycles. The van der Waals surface area contributed by atoms with Crippen molar-refractivity contribution in [1.29, 1.82) is 0 Å². The monoisotopic (exact) mass is 357 g/mol. The maximum atomic E-state index is 12.6. The molecule has 1 fully saturated rings. The van der Waals surface area contributed by atoms with Gasteiger partial charge in [0.2, 0.25) is 0 Å². The van der Waals surface area contributed by atoms with Gasteiger partial charge in [-0.25, -0.2) is 0 Å². The van der Waals surface area contributed by atoms with E-state index >= 15 is 0 Å². The van der Waals surface area contributed by atoms with Crippen molar-refractivity contribution in [2.45, 2.75) is 64.2 Å². The Kier molecular flexibility index (Phi) is 6.13. The smallest absolute Gasteiger partial charge is 0.251 e. The van der Waals surface area contributed by atoms with Crippen LogP contribution in [0.1, 0.15) is 56.5 Å². The first kappa shape index (κ1) is 20.4. The molecule has 0 unspecified atom stereocenters. The highest BCUT2D eigenvalue weighted by atomic mass is 16.5. The minimum atomic E-state index is -0.384. The van der Waals surface area contributed by atoms with E-state index in [4.69, 9.17) is 6.42 Å². The molecule has 0 radical (unpaired) electrons. The third kappa shape index (κ3) is 4.85. The van der Waals surface area contributed by atoms with E-state index in [1.54, 1.807) is 0 Å². The van der Waals surface area contributed by atoms with Crippen molar-refractivity contribution >= 4 is 5.91 Å². The molecule has 142 valence electrons. The molecule has 1 aliphatic heterocycles. The van der Waals surface area contributed by atoms with Crippen molar-refractivity contribution in [3.05, 3.63) is 35.4 Å². The second-order valence-electron chi connectivity index (χ2n) is 8.59. The standard InChI is InChI=1S/C21H31N3O2/c1-7-12-23(6)15-16-8-10-17(11-9-16)19(25)22-18-13-20(2,3)24(26)21(4,5)14-18/h1,8-11,18,26H,12-15H2,2-6H3,(H,22,25). The number of terminal acetylenes is 1. The summed E-state index contributed by atoms with van der Waals surface area (Å²) in [6.45, 7) is 9.33. The molecule has 5 heteroatoms. The van der Waals surface area contributed by atoms with Crippen molar-refractivity contribution in [1.82, 2.24) is 15.3 Å². The van der Waals surface area contributed by atoms with Crippen LogP contribution in [-0.4, -0.2) is 51.8 Å². The van der Waals surface area contributed by atoms with Crippen molar-refractivity contribution in [2.24, 2.45) is 0 Å². The van der Waals surface area contributed by atoms with Gasteiger partial charge in [-0.05, 0) is 65.3 Å². The SMILES string of the molecule is C#CCN(C)Cc1ccc(C(=O)NC2CC(C)(C)N(O)C(C)(C)C2)cc1. The molecule has 0 saturated carbocycles. The first-order chi connectivity index (χ1) is 12.0. The van der Waals surface area contributed by atoms with Crippen molar-refractivity contribution in [3.63, 3.8) is 0 Å². The lowest BCUT2D eigenvalue weighted by Gasteiger charge is -2.51. The quantitative estimate of drug-likeness (QED) is 0.796. The lowest BCUT2D eigenvalue weighted by molar-refractivity contribution is -0.245. The summed E-state index contributed by atoms with van der Waals surface area (Å²) in [5.74, 6) is 2.55. The van der Waals surface area contributed by atoms with Gasteiger partial charge in [-0.3, -0.25) is 9.69 Å². The molecule has 0 aliphatic carbocycles. The number of carbonyl (C=O) groups excluding carboxylic acids is 1. The number of piperidine rings is 1. The summed E-state index contributed by atoms with van der Waals surface area (Å²) >= 11 is 0. The molecule has 0 atom stereocenters. The van der Waals surface area contributed by atoms with Crippen LogP contribution in [0.15, 0.2) is 24.3 Å². The number of hydroxylamine groups is 2. The number of nitrogens with zero attached hydrogens (tertiary/aromatic N) is 2. The van der Waals surface area contributed by atoms with Gasteiger partial charge in [0.05, 0.1) is 6.54 Å². The lowest BCUT2D eigenvalue weighted by atomic mass is 9.79. The average Bonchev–Trinajstić information content (AvgIpc) is 2.53. The summed E-state index contributed by atoms with van der Waals surface area (Å²) in [5.41, 5.74) is 1.00. The summed E-state index contributed by atoms with van der Waals surface area (Å²) < 4.78 is 0. The Morgan fingerprint density at radius 2 is 1.81 bits per heavy atom. The number of rotatable bonds is 5. The van der Waals surface area contributed by atoms with Crippen molar-refractivity contribution < 1.29 is 10.0 Å². The van der Waals surface area contributed by atoms with E-state index < -0.39 is 0 Å². The van der Waals surface area contributed by atoms with Gasteiger partial charge in [0.25, 0.3) is 5.91 Å². The van der Waals surface area contributed by atoms with E-state index in [9.17, 15) is 10.0 Å². The van der Waals surface area contributed by atoms with E-state index in [0.717, 1.165) is 12.1 Å². The summed E-state index contributed by atoms with van der Waals surface area (Å²) in [5, 5.41) is 14.9. The molecule has 1 aliphatic rings. The molecular weight excluding hydrogens is 326 g/mol. The fourth-order valence-corrected chi connectivity index (χ4v) is 3.93. The Hall–Kier alpha value is -1.87. The average molecular weight is 357 g/mol. The predicted molar refractivity (Wildman–Crippen MR) is 104 cm³/mol. The molecule has 26 heavy (non-hydrogen) atoms. The molecular formula is C21H31N3O2. The van der Waals surface area contributed by atoms with E-state index in [-0.39, 0.29) is 23.0 Å². The Morgan fingerprint density at radius 1 is 1.27 bits per heavy atom. The number of hydrogen-bond acceptors (Lipinski definition) is 4. The first-order valence-corrected chi connectivity index (χ1v) is 9.06. The second kappa shape index (κ2) is 7.79. The molecule has 0 bridgehead atoms. The molecule has 1 amide bonds. The van der Waals surface area contributed by atoms with E-state index in [1.165, 1.54) is 5.06 Å². The second-order valence-corrected chi connectivity index (χ2v) is 8.59. The van der Waals surface area contributed by atoms with Gasteiger partial charge < -0.3 is 10.5 Å². The highest BCUT2D eigenvalue weighted by Gasteiger charge is 2.45. The van der Waals surface area contributed by atoms with Crippen LogP contribution in [0.5, 0.6) is 0 Å². The lowest BCUT2D eigenvalue weighted by Crippen LogP contribution is -2.62. The van der Waals surface area contributed by atoms with Crippen LogP contribution in [0.3, 0.4) is 0 Å². The Morgan fingerprint density at radius 3 is 2.31 bits per heavy atom. The van der Waals surface area contributed by atoms with Crippen LogP contribution in [0, 0.1) is 12.3 Å². The molecule has 0 spiro atoms. The Balaban J connectivity index is 2.00. The molecule has 1 saturated heterocycles. The largest absolute Gasteiger partial charge is 0.349 e. The number of nitrogens with one attached hydrogen (secondary N) is 1. The molecule has 2 N–H and O–H groups in total. The van der Waals surface area contributed by atoms with Gasteiger partial charge in [-0.15, -0.1) is 6.42 Å². The number of benzene rings is 1. The minimum Gasteiger partial charge on any atom is -0.349 e. The molecule has 1 heterocycles. The Bertz CT molecular complexity index is 655. The highest BCUT2D eigenvalue weighted by Crippen LogP contribution is 2.36. The van der Waals surface area contributed by atoms with Crippen molar-refractivity contribution in [3.8, 4) is 12.3 Å². The molecule has 2 rings (SSSR count). The van der Waals surface area contributed by atoms with Crippen molar-refractivity contribution in [2.75, 3.05) is 13.6 Å². The van der Waals surface area contributed by atoms with Gasteiger partial charge in [0.15, 0.2) is 0 Å². The zero-order valence-corrected chi connectivity index (χ0v) is 16.5. The van der Waals surface area contributed by atoms with E-state index in [1.807, 2.05) is 63.9 Å². The zero-order chi connectivity index (χ0) is 19.5. The zero-order valence-electron chi connectivity index (χ0n) is 16.5. The summed E-state index contributed by atoms with van der Waals surface area (Å²) in [6, 6.07) is 7.66. The maximum Gasteiger partial charge on any atom is 0.251 e. The third-order valence-corrected chi connectivity index (χ3v) is 5.00. The fraction of sp³-hybridized carbons (Fsp3) is 0.571. The maximum absolute atomic E-state index is 12.6. The van der Waals surface area contributed by atoms with Crippen LogP contribution >= 0.6 is 0 Å². The van der Waals surface area contributed by atoms with Crippen LogP contribution in [0.25, 0.3) is 0 Å². The van der Waals surface area contributed by atoms with Crippen LogP contribution in [0.2, 0.25) is 0 Å². The normalized spacial score (nSPS) is 19.9. The van der Waals surface area contributed by atoms with Gasteiger partial charge in [0, 0.05) is 29.2 Å². The fourth-order valence-electron chi connectivity index (χ4n) is 3.93. The topological polar surface area (TPSA) is 55.8 Å². The number of carbonyl (C=O) groups is 1. The minimum absolute atomic E-state index is 0.0253. The summed E-state index contributed by atoms with van der Waals surface area (Å²) in [7, 11) is 1.97. The molecule has 5 nitrogen and oxygen atoms in total. The number of hydrogen-bond donors (Lipinski definition) is 2.